The van der Waals surface area contributed by atoms with E-state index in [1.54, 1.807) is 27.1 Å². The van der Waals surface area contributed by atoms with E-state index in [-0.39, 0.29) is 122 Å². The van der Waals surface area contributed by atoms with Crippen LogP contribution >= 0.6 is 19.4 Å². The summed E-state index contributed by atoms with van der Waals surface area (Å²) in [5.74, 6) is -0.977. The van der Waals surface area contributed by atoms with Crippen molar-refractivity contribution in [1.82, 2.24) is 19.8 Å². The van der Waals surface area contributed by atoms with Crippen LogP contribution in [0.2, 0.25) is 5.02 Å². The maximum absolute atomic E-state index is 14.3. The zero-order valence-corrected chi connectivity index (χ0v) is 34.4. The van der Waals surface area contributed by atoms with Crippen LogP contribution < -0.4 is 78.3 Å². The first kappa shape index (κ1) is 42.2. The first-order valence-electron chi connectivity index (χ1n) is 15.4. The van der Waals surface area contributed by atoms with Crippen LogP contribution in [0.25, 0.3) is 0 Å². The van der Waals surface area contributed by atoms with Crippen molar-refractivity contribution in [3.05, 3.63) is 107 Å². The number of rotatable bonds is 12. The normalized spacial score (nSPS) is 17.7. The molecular formula is C34H37ClN5Na2O7P. The standard InChI is InChI=1S/C34H39ClN5O7P.2Na/c1-4-18-38-23-33(42)39-30(19-25-10-14-27(15-11-25)47-48(44,45)46)34(43)37(21-26-12-16-28(35)29(20-26)36(2)3)22-31(39)40(38)32(41)17-13-24-8-6-5-7-9-24;;/h4-12,14-16,20,30-31H,1,13,17-19,21-23H2,2-3H3,(H2,44,45,46);;/q;2*+1/p-2/t30-,31-;;/m0../s1. The van der Waals surface area contributed by atoms with E-state index in [0.717, 1.165) is 16.8 Å². The van der Waals surface area contributed by atoms with Crippen molar-refractivity contribution in [2.45, 2.75) is 38.0 Å². The first-order valence-corrected chi connectivity index (χ1v) is 17.3. The van der Waals surface area contributed by atoms with Crippen LogP contribution in [-0.2, 0) is 38.3 Å². The van der Waals surface area contributed by atoms with Crippen molar-refractivity contribution in [3.63, 3.8) is 0 Å². The number of halogens is 1. The average Bonchev–Trinajstić information content (AvgIpc) is 3.03. The van der Waals surface area contributed by atoms with Gasteiger partial charge in [-0.25, -0.2) is 10.0 Å². The average molecular weight is 740 g/mol. The summed E-state index contributed by atoms with van der Waals surface area (Å²) in [5, 5.41) is 3.84. The number of carbonyl (C=O) groups is 3. The Morgan fingerprint density at radius 1 is 1.02 bits per heavy atom. The first-order chi connectivity index (χ1) is 22.8. The third-order valence-electron chi connectivity index (χ3n) is 8.33. The molecule has 0 spiro atoms. The number of hydrazine groups is 1. The number of piperazine rings is 1. The molecule has 3 aromatic carbocycles. The molecule has 0 aromatic heterocycles. The van der Waals surface area contributed by atoms with Crippen molar-refractivity contribution < 1.29 is 92.4 Å². The molecule has 50 heavy (non-hydrogen) atoms. The summed E-state index contributed by atoms with van der Waals surface area (Å²) in [4.78, 5) is 69.4. The fourth-order valence-electron chi connectivity index (χ4n) is 6.17. The zero-order chi connectivity index (χ0) is 34.6. The van der Waals surface area contributed by atoms with Gasteiger partial charge in [-0.3, -0.25) is 14.4 Å². The number of hydrogen-bond acceptors (Lipinski definition) is 9. The molecule has 0 saturated carbocycles. The summed E-state index contributed by atoms with van der Waals surface area (Å²) < 4.78 is 15.5. The number of amides is 3. The molecule has 2 aliphatic heterocycles. The van der Waals surface area contributed by atoms with Gasteiger partial charge >= 0.3 is 59.1 Å². The monoisotopic (exact) mass is 739 g/mol. The number of anilines is 1. The summed E-state index contributed by atoms with van der Waals surface area (Å²) >= 11 is 6.42. The van der Waals surface area contributed by atoms with Crippen LogP contribution in [0.1, 0.15) is 23.1 Å². The van der Waals surface area contributed by atoms with E-state index in [4.69, 9.17) is 11.6 Å². The molecule has 0 radical (unpaired) electrons. The Kier molecular flexibility index (Phi) is 15.6. The minimum absolute atomic E-state index is 0. The molecule has 0 bridgehead atoms. The molecule has 2 fully saturated rings. The van der Waals surface area contributed by atoms with Crippen LogP contribution in [0.15, 0.2) is 85.5 Å². The Bertz CT molecular complexity index is 1710. The van der Waals surface area contributed by atoms with E-state index in [2.05, 4.69) is 11.1 Å². The quantitative estimate of drug-likeness (QED) is 0.106. The van der Waals surface area contributed by atoms with E-state index >= 15 is 0 Å². The third-order valence-corrected chi connectivity index (χ3v) is 9.09. The molecule has 12 nitrogen and oxygen atoms in total. The maximum atomic E-state index is 14.3. The van der Waals surface area contributed by atoms with Crippen LogP contribution in [0.4, 0.5) is 5.69 Å². The third kappa shape index (κ3) is 10.5. The Balaban J connectivity index is 0.00000338. The Hall–Kier alpha value is -2.19. The van der Waals surface area contributed by atoms with E-state index < -0.39 is 20.0 Å². The number of phosphoric acid groups is 1. The predicted molar refractivity (Wildman–Crippen MR) is 177 cm³/mol. The number of fused-ring (bicyclic) bond motifs is 1. The summed E-state index contributed by atoms with van der Waals surface area (Å²) in [6.45, 7) is 4.23. The number of aryl methyl sites for hydroxylation is 1. The number of hydrogen-bond donors (Lipinski definition) is 0. The smallest absolute Gasteiger partial charge is 0.780 e. The summed E-state index contributed by atoms with van der Waals surface area (Å²) in [7, 11) is -1.52. The SMILES string of the molecule is C=CCN1CC(=O)N2[C@@H](Cc3ccc(OP(=O)([O-])[O-])cc3)C(=O)N(Cc3ccc(Cl)c(N(C)C)c3)C[C@@H]2N1C(=O)CCc1ccccc1.[Na+].[Na+]. The van der Waals surface area contributed by atoms with E-state index in [0.29, 0.717) is 17.0 Å². The zero-order valence-electron chi connectivity index (χ0n) is 28.7. The van der Waals surface area contributed by atoms with Crippen molar-refractivity contribution in [2.75, 3.05) is 38.6 Å². The van der Waals surface area contributed by atoms with Gasteiger partial charge in [-0.05, 0) is 47.4 Å². The molecular weight excluding hydrogens is 703 g/mol. The van der Waals surface area contributed by atoms with Gasteiger partial charge < -0.3 is 33.6 Å². The molecule has 3 aromatic rings. The van der Waals surface area contributed by atoms with Crippen LogP contribution in [0, 0.1) is 0 Å². The summed E-state index contributed by atoms with van der Waals surface area (Å²) in [6.07, 6.45) is 1.58. The van der Waals surface area contributed by atoms with E-state index in [1.807, 2.05) is 61.5 Å². The second-order valence-corrected chi connectivity index (χ2v) is 13.4. The molecule has 0 aliphatic carbocycles. The minimum atomic E-state index is -5.26. The van der Waals surface area contributed by atoms with Crippen LogP contribution in [0.3, 0.4) is 0 Å². The number of benzene rings is 3. The minimum Gasteiger partial charge on any atom is -0.780 e. The molecule has 2 heterocycles. The van der Waals surface area contributed by atoms with Gasteiger partial charge in [0.25, 0.3) is 0 Å². The molecule has 5 rings (SSSR count). The van der Waals surface area contributed by atoms with Crippen molar-refractivity contribution in [2.24, 2.45) is 0 Å². The number of carbonyl (C=O) groups excluding carboxylic acids is 3. The molecule has 3 amide bonds. The number of phosphoric ester groups is 1. The van der Waals surface area contributed by atoms with Gasteiger partial charge in [-0.2, -0.15) is 0 Å². The fraction of sp³-hybridized carbons (Fsp3) is 0.324. The van der Waals surface area contributed by atoms with Gasteiger partial charge in [0.15, 0.2) is 0 Å². The predicted octanol–water partition coefficient (Wildman–Crippen LogP) is -3.39. The van der Waals surface area contributed by atoms with Crippen molar-refractivity contribution in [1.29, 1.82) is 0 Å². The van der Waals surface area contributed by atoms with Crippen molar-refractivity contribution >= 4 is 42.8 Å². The Morgan fingerprint density at radius 3 is 2.30 bits per heavy atom. The second-order valence-electron chi connectivity index (χ2n) is 11.9. The summed E-state index contributed by atoms with van der Waals surface area (Å²) in [6, 6.07) is 19.9. The van der Waals surface area contributed by atoms with Gasteiger partial charge in [0.05, 0.1) is 23.8 Å². The van der Waals surface area contributed by atoms with Crippen LogP contribution in [0.5, 0.6) is 5.75 Å². The van der Waals surface area contributed by atoms with Gasteiger partial charge in [0, 0.05) is 40.0 Å². The largest absolute Gasteiger partial charge is 1.00 e. The molecule has 2 atom stereocenters. The van der Waals surface area contributed by atoms with E-state index in [9.17, 15) is 28.7 Å². The fourth-order valence-corrected chi connectivity index (χ4v) is 6.84. The summed E-state index contributed by atoms with van der Waals surface area (Å²) in [5.41, 5.74) is 3.19. The maximum Gasteiger partial charge on any atom is 1.00 e. The van der Waals surface area contributed by atoms with Crippen molar-refractivity contribution in [3.8, 4) is 5.75 Å². The second kappa shape index (κ2) is 18.5. The molecule has 254 valence electrons. The Morgan fingerprint density at radius 2 is 1.68 bits per heavy atom. The number of nitrogens with zero attached hydrogens (tertiary/aromatic N) is 5. The molecule has 16 heteroatoms. The van der Waals surface area contributed by atoms with E-state index in [1.165, 1.54) is 29.2 Å². The molecule has 2 saturated heterocycles. The molecule has 2 aliphatic rings. The Labute approximate surface area is 341 Å². The van der Waals surface area contributed by atoms with Crippen LogP contribution in [-0.4, -0.2) is 83.5 Å². The molecule has 0 unspecified atom stereocenters. The molecule has 0 N–H and O–H groups in total. The van der Waals surface area contributed by atoms with Gasteiger partial charge in [0.2, 0.25) is 17.7 Å². The van der Waals surface area contributed by atoms with Gasteiger partial charge in [-0.1, -0.05) is 66.2 Å². The van der Waals surface area contributed by atoms with Gasteiger partial charge in [0.1, 0.15) is 25.8 Å². The van der Waals surface area contributed by atoms with Gasteiger partial charge in [-0.15, -0.1) is 6.58 Å². The topological polar surface area (TPSA) is 140 Å².